The van der Waals surface area contributed by atoms with Crippen molar-refractivity contribution >= 4 is 5.91 Å². The molecule has 5 heteroatoms. The Morgan fingerprint density at radius 1 is 1.24 bits per heavy atom. The highest BCUT2D eigenvalue weighted by Crippen LogP contribution is 2.13. The Labute approximate surface area is 98.4 Å². The third kappa shape index (κ3) is 2.79. The summed E-state index contributed by atoms with van der Waals surface area (Å²) in [5.41, 5.74) is -0.143. The predicted molar refractivity (Wildman–Crippen MR) is 59.5 cm³/mol. The SMILES string of the molecule is O=C(Cc1c(F)cccc1F)N1CCNCC1. The van der Waals surface area contributed by atoms with Gasteiger partial charge in [-0.15, -0.1) is 0 Å². The van der Waals surface area contributed by atoms with E-state index in [1.165, 1.54) is 18.2 Å². The molecule has 1 saturated heterocycles. The van der Waals surface area contributed by atoms with E-state index in [9.17, 15) is 13.6 Å². The highest BCUT2D eigenvalue weighted by Gasteiger charge is 2.19. The molecule has 0 radical (unpaired) electrons. The molecule has 0 atom stereocenters. The minimum Gasteiger partial charge on any atom is -0.340 e. The van der Waals surface area contributed by atoms with E-state index in [1.807, 2.05) is 0 Å². The molecule has 17 heavy (non-hydrogen) atoms. The zero-order valence-corrected chi connectivity index (χ0v) is 9.38. The number of halogens is 2. The molecule has 1 aromatic carbocycles. The number of nitrogens with zero attached hydrogens (tertiary/aromatic N) is 1. The van der Waals surface area contributed by atoms with Gasteiger partial charge in [-0.1, -0.05) is 6.07 Å². The highest BCUT2D eigenvalue weighted by atomic mass is 19.1. The minimum absolute atomic E-state index is 0.143. The average molecular weight is 240 g/mol. The standard InChI is InChI=1S/C12H14F2N2O/c13-10-2-1-3-11(14)9(10)8-12(17)16-6-4-15-5-7-16/h1-3,15H,4-8H2. The van der Waals surface area contributed by atoms with Gasteiger partial charge in [0.05, 0.1) is 6.42 Å². The molecule has 1 amide bonds. The maximum absolute atomic E-state index is 13.4. The second-order valence-corrected chi connectivity index (χ2v) is 4.01. The Bertz CT molecular complexity index is 397. The maximum atomic E-state index is 13.4. The first-order chi connectivity index (χ1) is 8.18. The van der Waals surface area contributed by atoms with Crippen molar-refractivity contribution in [3.8, 4) is 0 Å². The molecule has 2 rings (SSSR count). The van der Waals surface area contributed by atoms with Gasteiger partial charge >= 0.3 is 0 Å². The van der Waals surface area contributed by atoms with E-state index in [0.29, 0.717) is 13.1 Å². The van der Waals surface area contributed by atoms with E-state index >= 15 is 0 Å². The number of benzene rings is 1. The van der Waals surface area contributed by atoms with Crippen LogP contribution in [0, 0.1) is 11.6 Å². The molecule has 1 aliphatic rings. The van der Waals surface area contributed by atoms with E-state index in [2.05, 4.69) is 5.32 Å². The molecule has 1 heterocycles. The Morgan fingerprint density at radius 3 is 2.41 bits per heavy atom. The van der Waals surface area contributed by atoms with Gasteiger partial charge in [0.1, 0.15) is 11.6 Å². The fourth-order valence-electron chi connectivity index (χ4n) is 1.88. The predicted octanol–water partition coefficient (Wildman–Crippen LogP) is 0.939. The van der Waals surface area contributed by atoms with Crippen LogP contribution in [0.5, 0.6) is 0 Å². The summed E-state index contributed by atoms with van der Waals surface area (Å²) in [5.74, 6) is -1.54. The zero-order chi connectivity index (χ0) is 12.3. The van der Waals surface area contributed by atoms with Crippen LogP contribution in [0.25, 0.3) is 0 Å². The first-order valence-corrected chi connectivity index (χ1v) is 5.60. The summed E-state index contributed by atoms with van der Waals surface area (Å²) in [4.78, 5) is 13.5. The second-order valence-electron chi connectivity index (χ2n) is 4.01. The lowest BCUT2D eigenvalue weighted by Crippen LogP contribution is -2.47. The second kappa shape index (κ2) is 5.23. The van der Waals surface area contributed by atoms with Gasteiger partial charge in [0.25, 0.3) is 0 Å². The first-order valence-electron chi connectivity index (χ1n) is 5.60. The Balaban J connectivity index is 2.07. The monoisotopic (exact) mass is 240 g/mol. The summed E-state index contributed by atoms with van der Waals surface area (Å²) in [6.07, 6.45) is -0.210. The van der Waals surface area contributed by atoms with Crippen molar-refractivity contribution in [2.75, 3.05) is 26.2 Å². The number of nitrogens with one attached hydrogen (secondary N) is 1. The largest absolute Gasteiger partial charge is 0.340 e. The molecule has 3 nitrogen and oxygen atoms in total. The lowest BCUT2D eigenvalue weighted by Gasteiger charge is -2.27. The Hall–Kier alpha value is -1.49. The van der Waals surface area contributed by atoms with Crippen molar-refractivity contribution in [2.24, 2.45) is 0 Å². The molecule has 0 saturated carbocycles. The quantitative estimate of drug-likeness (QED) is 0.834. The summed E-state index contributed by atoms with van der Waals surface area (Å²) in [5, 5.41) is 3.11. The van der Waals surface area contributed by atoms with E-state index in [4.69, 9.17) is 0 Å². The zero-order valence-electron chi connectivity index (χ0n) is 9.38. The van der Waals surface area contributed by atoms with Crippen LogP contribution >= 0.6 is 0 Å². The highest BCUT2D eigenvalue weighted by molar-refractivity contribution is 5.79. The normalized spacial score (nSPS) is 16.0. The molecule has 1 fully saturated rings. The third-order valence-corrected chi connectivity index (χ3v) is 2.86. The van der Waals surface area contributed by atoms with Gasteiger partial charge in [0, 0.05) is 31.7 Å². The Kier molecular flexibility index (Phi) is 3.68. The minimum atomic E-state index is -0.659. The number of hydrogen-bond acceptors (Lipinski definition) is 2. The molecule has 0 aromatic heterocycles. The summed E-state index contributed by atoms with van der Waals surface area (Å²) < 4.78 is 26.7. The van der Waals surface area contributed by atoms with E-state index < -0.39 is 11.6 Å². The van der Waals surface area contributed by atoms with Gasteiger partial charge in [0.2, 0.25) is 5.91 Å². The lowest BCUT2D eigenvalue weighted by atomic mass is 10.1. The molecule has 92 valence electrons. The van der Waals surface area contributed by atoms with Gasteiger partial charge in [-0.2, -0.15) is 0 Å². The van der Waals surface area contributed by atoms with Crippen LogP contribution in [-0.2, 0) is 11.2 Å². The van der Waals surface area contributed by atoms with Gasteiger partial charge < -0.3 is 10.2 Å². The van der Waals surface area contributed by atoms with Crippen molar-refractivity contribution in [1.29, 1.82) is 0 Å². The van der Waals surface area contributed by atoms with Crippen LogP contribution in [0.4, 0.5) is 8.78 Å². The molecule has 0 unspecified atom stereocenters. The number of piperazine rings is 1. The molecule has 1 aliphatic heterocycles. The molecule has 0 spiro atoms. The van der Waals surface area contributed by atoms with E-state index in [1.54, 1.807) is 4.90 Å². The van der Waals surface area contributed by atoms with Crippen LogP contribution in [0.3, 0.4) is 0 Å². The number of rotatable bonds is 2. The first kappa shape index (κ1) is 12.0. The number of carbonyl (C=O) groups is 1. The van der Waals surface area contributed by atoms with Crippen molar-refractivity contribution in [3.05, 3.63) is 35.4 Å². The summed E-state index contributed by atoms with van der Waals surface area (Å²) in [6.45, 7) is 2.64. The number of hydrogen-bond donors (Lipinski definition) is 1. The molecule has 1 N–H and O–H groups in total. The van der Waals surface area contributed by atoms with Crippen LogP contribution in [0.15, 0.2) is 18.2 Å². The number of carbonyl (C=O) groups excluding carboxylic acids is 1. The lowest BCUT2D eigenvalue weighted by molar-refractivity contribution is -0.131. The van der Waals surface area contributed by atoms with Crippen LogP contribution in [-0.4, -0.2) is 37.0 Å². The summed E-state index contributed by atoms with van der Waals surface area (Å²) >= 11 is 0. The number of amides is 1. The fraction of sp³-hybridized carbons (Fsp3) is 0.417. The molecular weight excluding hydrogens is 226 g/mol. The topological polar surface area (TPSA) is 32.3 Å². The molecule has 0 bridgehead atoms. The summed E-state index contributed by atoms with van der Waals surface area (Å²) in [6, 6.07) is 3.64. The Morgan fingerprint density at radius 2 is 1.82 bits per heavy atom. The van der Waals surface area contributed by atoms with E-state index in [-0.39, 0.29) is 17.9 Å². The molecular formula is C12H14F2N2O. The van der Waals surface area contributed by atoms with Crippen LogP contribution in [0.1, 0.15) is 5.56 Å². The van der Waals surface area contributed by atoms with Crippen molar-refractivity contribution in [3.63, 3.8) is 0 Å². The third-order valence-electron chi connectivity index (χ3n) is 2.86. The molecule has 1 aromatic rings. The van der Waals surface area contributed by atoms with Gasteiger partial charge in [0.15, 0.2) is 0 Å². The smallest absolute Gasteiger partial charge is 0.227 e. The van der Waals surface area contributed by atoms with Crippen molar-refractivity contribution in [1.82, 2.24) is 10.2 Å². The van der Waals surface area contributed by atoms with Gasteiger partial charge in [-0.05, 0) is 12.1 Å². The fourth-order valence-corrected chi connectivity index (χ4v) is 1.88. The van der Waals surface area contributed by atoms with E-state index in [0.717, 1.165) is 13.1 Å². The molecule has 0 aliphatic carbocycles. The summed E-state index contributed by atoms with van der Waals surface area (Å²) in [7, 11) is 0. The van der Waals surface area contributed by atoms with Gasteiger partial charge in [-0.3, -0.25) is 4.79 Å². The maximum Gasteiger partial charge on any atom is 0.227 e. The van der Waals surface area contributed by atoms with Crippen LogP contribution in [0.2, 0.25) is 0 Å². The van der Waals surface area contributed by atoms with Gasteiger partial charge in [-0.25, -0.2) is 8.78 Å². The van der Waals surface area contributed by atoms with Crippen LogP contribution < -0.4 is 5.32 Å². The van der Waals surface area contributed by atoms with Crippen molar-refractivity contribution in [2.45, 2.75) is 6.42 Å². The average Bonchev–Trinajstić information content (AvgIpc) is 2.35. The van der Waals surface area contributed by atoms with Crippen molar-refractivity contribution < 1.29 is 13.6 Å².